The average Bonchev–Trinajstić information content (AvgIpc) is 4.36. The van der Waals surface area contributed by atoms with E-state index < -0.39 is 60.3 Å². The molecule has 0 amide bonds. The summed E-state index contributed by atoms with van der Waals surface area (Å²) in [7, 11) is -16.0. The molecule has 0 atom stereocenters. The summed E-state index contributed by atoms with van der Waals surface area (Å²) < 4.78 is 130. The van der Waals surface area contributed by atoms with Crippen LogP contribution in [0.4, 0.5) is 11.6 Å². The van der Waals surface area contributed by atoms with Crippen LogP contribution in [0.3, 0.4) is 0 Å². The number of hydrogen-bond donors (Lipinski definition) is 1. The minimum absolute atomic E-state index is 0.00718. The average molecular weight is 1110 g/mol. The SMILES string of the molecule is O=S(=O)(c1cccc2c1C1=NC2=Nc2c3c(S(=O)(=O)C4CCCCC4)cccc3c3nc4c5c(S(=O)(=O)C6CCCCC6)cccc5c([n+]-4on23)N=c2[nH]c(c3cccc(S(=O)(=O)C4CCCCC4)c23)=N1)C1CCCCC1. The van der Waals surface area contributed by atoms with E-state index in [9.17, 15) is 8.42 Å². The van der Waals surface area contributed by atoms with Crippen LogP contribution in [0.5, 0.6) is 0 Å². The van der Waals surface area contributed by atoms with Gasteiger partial charge in [0.1, 0.15) is 5.49 Å². The molecule has 4 aromatic carbocycles. The van der Waals surface area contributed by atoms with E-state index in [1.54, 1.807) is 72.8 Å². The van der Waals surface area contributed by atoms with Crippen LogP contribution in [0.15, 0.2) is 117 Å². The molecule has 4 fully saturated rings. The van der Waals surface area contributed by atoms with Gasteiger partial charge in [-0.15, -0.1) is 4.99 Å². The van der Waals surface area contributed by atoms with Gasteiger partial charge in [0.25, 0.3) is 17.3 Å². The van der Waals surface area contributed by atoms with E-state index in [-0.39, 0.29) is 87.1 Å². The van der Waals surface area contributed by atoms with E-state index in [0.29, 0.717) is 73.1 Å². The lowest BCUT2D eigenvalue weighted by molar-refractivity contribution is -0.793. The first kappa shape index (κ1) is 49.2. The number of benzene rings is 4. The Hall–Kier alpha value is -6.16. The summed E-state index contributed by atoms with van der Waals surface area (Å²) in [5, 5.41) is -0.875. The van der Waals surface area contributed by atoms with Crippen molar-refractivity contribution in [3.63, 3.8) is 0 Å². The van der Waals surface area contributed by atoms with Gasteiger partial charge in [-0.05, 0) is 97.1 Å². The minimum atomic E-state index is -4.04. The Morgan fingerprint density at radius 2 is 0.922 bits per heavy atom. The third kappa shape index (κ3) is 7.59. The van der Waals surface area contributed by atoms with Gasteiger partial charge in [0.15, 0.2) is 56.5 Å². The highest BCUT2D eigenvalue weighted by molar-refractivity contribution is 7.93. The van der Waals surface area contributed by atoms with Gasteiger partial charge in [-0.25, -0.2) is 43.7 Å². The van der Waals surface area contributed by atoms with Crippen LogP contribution in [0, 0.1) is 0 Å². The number of aliphatic imine (C=N–C) groups is 2. The zero-order valence-electron chi connectivity index (χ0n) is 42.3. The second-order valence-electron chi connectivity index (χ2n) is 21.9. The molecule has 0 radical (unpaired) electrons. The largest absolute Gasteiger partial charge is 0.313 e. The fraction of sp³-hybridized carbons (Fsp3) is 0.429. The highest BCUT2D eigenvalue weighted by Gasteiger charge is 2.42. The quantitative estimate of drug-likeness (QED) is 0.142. The van der Waals surface area contributed by atoms with Gasteiger partial charge < -0.3 is 4.98 Å². The molecule has 77 heavy (non-hydrogen) atoms. The van der Waals surface area contributed by atoms with Crippen LogP contribution >= 0.6 is 0 Å². The van der Waals surface area contributed by atoms with E-state index in [4.69, 9.17) is 29.6 Å². The first-order valence-corrected chi connectivity index (χ1v) is 33.5. The molecule has 14 rings (SSSR count). The van der Waals surface area contributed by atoms with Gasteiger partial charge in [0.05, 0.1) is 67.5 Å². The summed E-state index contributed by atoms with van der Waals surface area (Å²) >= 11 is 0. The lowest BCUT2D eigenvalue weighted by Crippen LogP contribution is -2.33. The van der Waals surface area contributed by atoms with E-state index >= 15 is 25.3 Å². The Bertz CT molecular complexity index is 4460. The van der Waals surface area contributed by atoms with E-state index in [2.05, 4.69) is 4.98 Å². The van der Waals surface area contributed by atoms with Gasteiger partial charge in [-0.2, -0.15) is 9.62 Å². The Balaban J connectivity index is 1.16. The predicted molar refractivity (Wildman–Crippen MR) is 291 cm³/mol. The summed E-state index contributed by atoms with van der Waals surface area (Å²) in [5.41, 5.74) is 0.875. The monoisotopic (exact) mass is 1110 g/mol. The second-order valence-corrected chi connectivity index (χ2v) is 30.7. The van der Waals surface area contributed by atoms with E-state index in [1.807, 2.05) is 0 Å². The maximum Gasteiger partial charge on any atom is 0.285 e. The molecule has 0 spiro atoms. The summed E-state index contributed by atoms with van der Waals surface area (Å²) in [6.07, 6.45) is 13.8. The normalized spacial score (nSPS) is 19.7. The molecule has 4 saturated carbocycles. The van der Waals surface area contributed by atoms with Crippen molar-refractivity contribution < 1.29 is 43.0 Å². The molecule has 0 saturated heterocycles. The van der Waals surface area contributed by atoms with Crippen molar-refractivity contribution in [3.8, 4) is 5.82 Å². The Morgan fingerprint density at radius 1 is 0.455 bits per heavy atom. The van der Waals surface area contributed by atoms with Crippen molar-refractivity contribution >= 4 is 101 Å². The van der Waals surface area contributed by atoms with Gasteiger partial charge in [0.2, 0.25) is 5.82 Å². The maximum absolute atomic E-state index is 15.1. The number of H-pyrrole nitrogens is 1. The fourth-order valence-electron chi connectivity index (χ4n) is 13.5. The standard InChI is InChI=1S/C56H56N8O9S4/c65-74(66,33-17-5-1-6-18-33)41-29-14-26-38-45(41)51-57-49-37-25-13-30-42(75(67,68)34-19-7-2-8-20-34)46(37)52(58-49)61-53-39-27-15-32-44(77(71,72)36-23-11-4-12-24-36)48(39)56-62-54-40-28-16-31-43(76(69,70)35-21-9-3-10-22-35)47(40)55(60-50(38)59-51)64(54)73-63(53)56/h13-16,25-36H,1-12,17-24H2/p+1. The number of amidine groups is 2. The van der Waals surface area contributed by atoms with Crippen LogP contribution in [-0.2, 0) is 39.3 Å². The molecule has 21 heteroatoms. The van der Waals surface area contributed by atoms with Crippen LogP contribution in [0.1, 0.15) is 140 Å². The Labute approximate surface area is 445 Å². The summed E-state index contributed by atoms with van der Waals surface area (Å²) in [5.74, 6) is 0.153. The molecule has 6 heterocycles. The van der Waals surface area contributed by atoms with Crippen LogP contribution in [0.25, 0.3) is 43.8 Å². The first-order chi connectivity index (χ1) is 37.2. The number of nitrogens with one attached hydrogen (secondary N) is 1. The molecular weight excluding hydrogens is 1060 g/mol. The lowest BCUT2D eigenvalue weighted by Gasteiger charge is -2.23. The smallest absolute Gasteiger partial charge is 0.285 e. The summed E-state index contributed by atoms with van der Waals surface area (Å²) in [6.45, 7) is 0. The highest BCUT2D eigenvalue weighted by atomic mass is 32.2. The minimum Gasteiger partial charge on any atom is -0.313 e. The third-order valence-corrected chi connectivity index (χ3v) is 26.6. The number of fused-ring (bicyclic) bond motifs is 15. The van der Waals surface area contributed by atoms with E-state index in [1.165, 1.54) is 9.31 Å². The van der Waals surface area contributed by atoms with Gasteiger partial charge in [-0.3, -0.25) is 0 Å². The van der Waals surface area contributed by atoms with Gasteiger partial charge in [-0.1, -0.05) is 118 Å². The lowest BCUT2D eigenvalue weighted by atomic mass is 10.0. The highest BCUT2D eigenvalue weighted by Crippen LogP contribution is 2.44. The van der Waals surface area contributed by atoms with E-state index in [0.717, 1.165) is 77.0 Å². The van der Waals surface area contributed by atoms with Crippen molar-refractivity contribution in [1.29, 1.82) is 0 Å². The molecule has 6 aromatic rings. The van der Waals surface area contributed by atoms with Crippen molar-refractivity contribution in [2.24, 2.45) is 20.0 Å². The fourth-order valence-corrected chi connectivity index (χ4v) is 21.7. The molecule has 4 aliphatic heterocycles. The Morgan fingerprint density at radius 3 is 1.48 bits per heavy atom. The topological polar surface area (TPSA) is 236 Å². The first-order valence-electron chi connectivity index (χ1n) is 27.3. The summed E-state index contributed by atoms with van der Waals surface area (Å²) in [4.78, 5) is 29.5. The predicted octanol–water partition coefficient (Wildman–Crippen LogP) is 9.28. The molecule has 2 aromatic heterocycles. The number of aromatic amines is 1. The van der Waals surface area contributed by atoms with Crippen LogP contribution in [0.2, 0.25) is 0 Å². The van der Waals surface area contributed by atoms with Crippen LogP contribution < -0.4 is 15.7 Å². The van der Waals surface area contributed by atoms with Crippen molar-refractivity contribution in [1.82, 2.24) is 14.5 Å². The molecule has 4 aliphatic carbocycles. The number of hydrogen-bond acceptors (Lipinski definition) is 14. The third-order valence-electron chi connectivity index (χ3n) is 17.4. The second kappa shape index (κ2) is 18.2. The number of nitrogens with zero attached hydrogens (tertiary/aromatic N) is 7. The maximum atomic E-state index is 15.1. The number of aromatic nitrogens is 4. The van der Waals surface area contributed by atoms with Gasteiger partial charge >= 0.3 is 0 Å². The zero-order valence-corrected chi connectivity index (χ0v) is 45.6. The molecule has 8 aliphatic rings. The Kier molecular flexibility index (Phi) is 11.6. The van der Waals surface area contributed by atoms with Crippen molar-refractivity contribution in [2.45, 2.75) is 169 Å². The summed E-state index contributed by atoms with van der Waals surface area (Å²) in [6, 6.07) is 19.9. The molecule has 398 valence electrons. The molecule has 0 unspecified atom stereocenters. The van der Waals surface area contributed by atoms with Crippen LogP contribution in [-0.4, -0.2) is 80.9 Å². The number of rotatable bonds is 8. The molecule has 17 nitrogen and oxygen atoms in total. The van der Waals surface area contributed by atoms with Gasteiger partial charge in [0, 0.05) is 16.5 Å². The molecule has 1 N–H and O–H groups in total. The van der Waals surface area contributed by atoms with Crippen molar-refractivity contribution in [2.75, 3.05) is 0 Å². The zero-order chi connectivity index (χ0) is 52.6. The molecular formula is C56H57N8O9S4+. The number of sulfone groups is 4. The van der Waals surface area contributed by atoms with Crippen molar-refractivity contribution in [3.05, 3.63) is 94.9 Å². The molecule has 6 bridgehead atoms.